The number of carbonyl (C=O) groups is 1. The number of rotatable bonds is 10. The Hall–Kier alpha value is -0.730. The first-order valence-electron chi connectivity index (χ1n) is 6.28. The average Bonchev–Trinajstić information content (AvgIpc) is 2.37. The van der Waals surface area contributed by atoms with Gasteiger partial charge in [0.05, 0.1) is 19.8 Å². The summed E-state index contributed by atoms with van der Waals surface area (Å²) in [5.74, 6) is -0.523. The number of ether oxygens (including phenoxy) is 1. The number of carbonyl (C=O) groups excluding carboxylic acids is 1. The van der Waals surface area contributed by atoms with Crippen LogP contribution in [-0.4, -0.2) is 71.5 Å². The van der Waals surface area contributed by atoms with E-state index >= 15 is 0 Å². The highest BCUT2D eigenvalue weighted by molar-refractivity contribution is 5.81. The van der Waals surface area contributed by atoms with Crippen molar-refractivity contribution in [1.82, 2.24) is 5.32 Å². The highest BCUT2D eigenvalue weighted by Crippen LogP contribution is 2.21. The van der Waals surface area contributed by atoms with Crippen molar-refractivity contribution in [2.24, 2.45) is 5.41 Å². The van der Waals surface area contributed by atoms with Gasteiger partial charge in [-0.25, -0.2) is 0 Å². The third-order valence-electron chi connectivity index (χ3n) is 2.62. The first-order chi connectivity index (χ1) is 8.85. The molecule has 0 rings (SSSR count). The van der Waals surface area contributed by atoms with Crippen molar-refractivity contribution in [3.05, 3.63) is 0 Å². The minimum absolute atomic E-state index is 0.0259. The average molecular weight is 279 g/mol. The topological polar surface area (TPSA) is 119 Å². The summed E-state index contributed by atoms with van der Waals surface area (Å²) in [6.45, 7) is 3.21. The van der Waals surface area contributed by atoms with E-state index < -0.39 is 30.1 Å². The van der Waals surface area contributed by atoms with E-state index in [2.05, 4.69) is 5.32 Å². The molecule has 0 bridgehead atoms. The molecular weight excluding hydrogens is 254 g/mol. The molecule has 0 aromatic carbocycles. The molecule has 0 aliphatic carbocycles. The lowest BCUT2D eigenvalue weighted by molar-refractivity contribution is -0.139. The Kier molecular flexibility index (Phi) is 8.86. The number of hydrogen-bond acceptors (Lipinski definition) is 6. The van der Waals surface area contributed by atoms with Gasteiger partial charge in [0.2, 0.25) is 5.91 Å². The SMILES string of the molecule is CC(C)(COCC(O)CO)C(O)C(=O)NCCCO. The molecule has 5 N–H and O–H groups in total. The maximum Gasteiger partial charge on any atom is 0.249 e. The zero-order valence-corrected chi connectivity index (χ0v) is 11.5. The van der Waals surface area contributed by atoms with Crippen LogP contribution >= 0.6 is 0 Å². The molecular formula is C12H25NO6. The van der Waals surface area contributed by atoms with Crippen molar-refractivity contribution in [1.29, 1.82) is 0 Å². The maximum atomic E-state index is 11.6. The van der Waals surface area contributed by atoms with Crippen molar-refractivity contribution in [2.45, 2.75) is 32.5 Å². The van der Waals surface area contributed by atoms with E-state index in [1.807, 2.05) is 0 Å². The predicted molar refractivity (Wildman–Crippen MR) is 68.4 cm³/mol. The molecule has 0 saturated heterocycles. The molecule has 7 nitrogen and oxygen atoms in total. The largest absolute Gasteiger partial charge is 0.396 e. The molecule has 1 amide bonds. The molecule has 19 heavy (non-hydrogen) atoms. The summed E-state index contributed by atoms with van der Waals surface area (Å²) in [6.07, 6.45) is -1.79. The van der Waals surface area contributed by atoms with Gasteiger partial charge in [-0.1, -0.05) is 13.8 Å². The summed E-state index contributed by atoms with van der Waals surface area (Å²) >= 11 is 0. The molecule has 0 saturated carbocycles. The Balaban J connectivity index is 4.11. The van der Waals surface area contributed by atoms with Crippen molar-refractivity contribution < 1.29 is 30.0 Å². The molecule has 0 fully saturated rings. The molecule has 2 atom stereocenters. The summed E-state index contributed by atoms with van der Waals surface area (Å²) in [7, 11) is 0. The highest BCUT2D eigenvalue weighted by atomic mass is 16.5. The molecule has 0 aliphatic rings. The molecule has 0 heterocycles. The second kappa shape index (κ2) is 9.22. The highest BCUT2D eigenvalue weighted by Gasteiger charge is 2.33. The van der Waals surface area contributed by atoms with E-state index in [1.165, 1.54) is 0 Å². The minimum Gasteiger partial charge on any atom is -0.396 e. The van der Waals surface area contributed by atoms with Gasteiger partial charge in [0.1, 0.15) is 12.2 Å². The van der Waals surface area contributed by atoms with Gasteiger partial charge < -0.3 is 30.5 Å². The molecule has 2 unspecified atom stereocenters. The van der Waals surface area contributed by atoms with Gasteiger partial charge in [-0.2, -0.15) is 0 Å². The van der Waals surface area contributed by atoms with Gasteiger partial charge in [0.25, 0.3) is 0 Å². The lowest BCUT2D eigenvalue weighted by Gasteiger charge is -2.29. The summed E-state index contributed by atoms with van der Waals surface area (Å²) in [4.78, 5) is 11.6. The maximum absolute atomic E-state index is 11.6. The van der Waals surface area contributed by atoms with Crippen LogP contribution in [0.5, 0.6) is 0 Å². The fraction of sp³-hybridized carbons (Fsp3) is 0.917. The van der Waals surface area contributed by atoms with Crippen molar-refractivity contribution in [3.63, 3.8) is 0 Å². The van der Waals surface area contributed by atoms with E-state index in [1.54, 1.807) is 13.8 Å². The van der Waals surface area contributed by atoms with Crippen LogP contribution in [0.2, 0.25) is 0 Å². The van der Waals surface area contributed by atoms with Gasteiger partial charge in [0, 0.05) is 18.6 Å². The summed E-state index contributed by atoms with van der Waals surface area (Å²) in [5, 5.41) is 38.7. The normalized spacial score (nSPS) is 15.1. The lowest BCUT2D eigenvalue weighted by atomic mass is 9.87. The Bertz CT molecular complexity index is 259. The van der Waals surface area contributed by atoms with Crippen LogP contribution in [0.3, 0.4) is 0 Å². The molecule has 0 aromatic heterocycles. The fourth-order valence-corrected chi connectivity index (χ4v) is 1.33. The molecule has 0 aromatic rings. The summed E-state index contributed by atoms with van der Waals surface area (Å²) < 4.78 is 5.16. The van der Waals surface area contributed by atoms with Crippen LogP contribution in [0.4, 0.5) is 0 Å². The van der Waals surface area contributed by atoms with Gasteiger partial charge in [0.15, 0.2) is 0 Å². The Morgan fingerprint density at radius 2 is 1.95 bits per heavy atom. The van der Waals surface area contributed by atoms with Crippen LogP contribution in [0.1, 0.15) is 20.3 Å². The molecule has 0 aliphatic heterocycles. The number of nitrogens with one attached hydrogen (secondary N) is 1. The first-order valence-corrected chi connectivity index (χ1v) is 6.28. The number of aliphatic hydroxyl groups excluding tert-OH is 4. The predicted octanol–water partition coefficient (Wildman–Crippen LogP) is -1.76. The van der Waals surface area contributed by atoms with E-state index in [9.17, 15) is 9.90 Å². The zero-order valence-electron chi connectivity index (χ0n) is 11.5. The van der Waals surface area contributed by atoms with E-state index in [0.717, 1.165) is 0 Å². The van der Waals surface area contributed by atoms with Gasteiger partial charge in [-0.3, -0.25) is 4.79 Å². The third kappa shape index (κ3) is 7.44. The van der Waals surface area contributed by atoms with Crippen LogP contribution in [0.15, 0.2) is 0 Å². The molecule has 114 valence electrons. The Labute approximate surface area is 113 Å². The van der Waals surface area contributed by atoms with Crippen molar-refractivity contribution in [3.8, 4) is 0 Å². The minimum atomic E-state index is -1.25. The number of amides is 1. The quantitative estimate of drug-likeness (QED) is 0.302. The third-order valence-corrected chi connectivity index (χ3v) is 2.62. The van der Waals surface area contributed by atoms with Crippen LogP contribution in [0.25, 0.3) is 0 Å². The summed E-state index contributed by atoms with van der Waals surface area (Å²) in [5.41, 5.74) is -0.821. The van der Waals surface area contributed by atoms with Crippen LogP contribution < -0.4 is 5.32 Å². The van der Waals surface area contributed by atoms with E-state index in [4.69, 9.17) is 20.1 Å². The second-order valence-corrected chi connectivity index (χ2v) is 5.11. The Morgan fingerprint density at radius 1 is 1.32 bits per heavy atom. The van der Waals surface area contributed by atoms with Crippen molar-refractivity contribution >= 4 is 5.91 Å². The van der Waals surface area contributed by atoms with Gasteiger partial charge >= 0.3 is 0 Å². The summed E-state index contributed by atoms with van der Waals surface area (Å²) in [6, 6.07) is 0. The van der Waals surface area contributed by atoms with Crippen molar-refractivity contribution in [2.75, 3.05) is 33.0 Å². The van der Waals surface area contributed by atoms with Crippen LogP contribution in [0, 0.1) is 5.41 Å². The van der Waals surface area contributed by atoms with Crippen LogP contribution in [-0.2, 0) is 9.53 Å². The second-order valence-electron chi connectivity index (χ2n) is 5.11. The van der Waals surface area contributed by atoms with Gasteiger partial charge in [-0.05, 0) is 6.42 Å². The number of hydrogen-bond donors (Lipinski definition) is 5. The first kappa shape index (κ1) is 18.3. The van der Waals surface area contributed by atoms with E-state index in [0.29, 0.717) is 13.0 Å². The number of aliphatic hydroxyl groups is 4. The monoisotopic (exact) mass is 279 g/mol. The van der Waals surface area contributed by atoms with Gasteiger partial charge in [-0.15, -0.1) is 0 Å². The standard InChI is InChI=1S/C12H25NO6/c1-12(2,8-19-7-9(16)6-15)10(17)11(18)13-4-3-5-14/h9-10,14-17H,3-8H2,1-2H3,(H,13,18). The Morgan fingerprint density at radius 3 is 2.47 bits per heavy atom. The molecule has 7 heteroatoms. The molecule has 0 radical (unpaired) electrons. The fourth-order valence-electron chi connectivity index (χ4n) is 1.33. The lowest BCUT2D eigenvalue weighted by Crippen LogP contribution is -2.46. The zero-order chi connectivity index (χ0) is 14.9. The van der Waals surface area contributed by atoms with E-state index in [-0.39, 0.29) is 19.8 Å². The smallest absolute Gasteiger partial charge is 0.249 e. The molecule has 0 spiro atoms.